The lowest BCUT2D eigenvalue weighted by Crippen LogP contribution is -2.13. The number of pyridine rings is 2. The second-order valence-electron chi connectivity index (χ2n) is 6.38. The number of aromatic nitrogens is 2. The van der Waals surface area contributed by atoms with Crippen molar-refractivity contribution < 1.29 is 19.1 Å². The lowest BCUT2D eigenvalue weighted by molar-refractivity contribution is 0.0592. The van der Waals surface area contributed by atoms with E-state index in [1.165, 1.54) is 32.7 Å². The highest BCUT2D eigenvalue weighted by atomic mass is 16.5. The van der Waals surface area contributed by atoms with Crippen LogP contribution in [0.2, 0.25) is 0 Å². The zero-order valence-electron chi connectivity index (χ0n) is 16.7. The van der Waals surface area contributed by atoms with Crippen LogP contribution in [0.4, 0.5) is 11.6 Å². The Hall–Kier alpha value is -4.40. The number of carbonyl (C=O) groups is 2. The Bertz CT molecular complexity index is 1240. The first-order valence-corrected chi connectivity index (χ1v) is 9.22. The fourth-order valence-corrected chi connectivity index (χ4v) is 2.99. The van der Waals surface area contributed by atoms with E-state index in [2.05, 4.69) is 25.3 Å². The van der Waals surface area contributed by atoms with Gasteiger partial charge in [-0.05, 0) is 24.3 Å². The molecule has 0 bridgehead atoms. The largest absolute Gasteiger partial charge is 0.465 e. The molecule has 0 atom stereocenters. The third-order valence-electron chi connectivity index (χ3n) is 4.46. The van der Waals surface area contributed by atoms with Gasteiger partial charge >= 0.3 is 11.9 Å². The molecule has 154 valence electrons. The van der Waals surface area contributed by atoms with Crippen molar-refractivity contribution in [1.29, 1.82) is 0 Å². The van der Waals surface area contributed by atoms with Crippen molar-refractivity contribution in [3.05, 3.63) is 83.2 Å². The van der Waals surface area contributed by atoms with Gasteiger partial charge in [-0.15, -0.1) is 0 Å². The van der Waals surface area contributed by atoms with E-state index in [1.807, 2.05) is 24.3 Å². The maximum atomic E-state index is 11.8. The van der Waals surface area contributed by atoms with E-state index in [-0.39, 0.29) is 0 Å². The van der Waals surface area contributed by atoms with Crippen molar-refractivity contribution in [2.45, 2.75) is 0 Å². The van der Waals surface area contributed by atoms with Gasteiger partial charge in [0.2, 0.25) is 0 Å². The number of nitrogens with zero attached hydrogens (tertiary/aromatic N) is 4. The van der Waals surface area contributed by atoms with E-state index in [1.54, 1.807) is 18.2 Å². The highest BCUT2D eigenvalue weighted by Gasteiger charge is 2.22. The lowest BCUT2D eigenvalue weighted by atomic mass is 10.1. The number of hydrogen-bond acceptors (Lipinski definition) is 8. The number of methoxy groups -OCH3 is 2. The number of carbonyl (C=O) groups excluding carboxylic acids is 2. The molecule has 1 aliphatic heterocycles. The van der Waals surface area contributed by atoms with E-state index >= 15 is 0 Å². The molecule has 0 fully saturated rings. The summed E-state index contributed by atoms with van der Waals surface area (Å²) >= 11 is 0. The average Bonchev–Trinajstić information content (AvgIpc) is 3.15. The number of fused-ring (bicyclic) bond motifs is 1. The Morgan fingerprint density at radius 1 is 0.871 bits per heavy atom. The van der Waals surface area contributed by atoms with Gasteiger partial charge in [0.05, 0.1) is 25.3 Å². The smallest absolute Gasteiger partial charge is 0.338 e. The monoisotopic (exact) mass is 415 g/mol. The van der Waals surface area contributed by atoms with Crippen LogP contribution in [0.3, 0.4) is 0 Å². The van der Waals surface area contributed by atoms with Crippen LogP contribution in [0, 0.1) is 0 Å². The number of aliphatic imine (C=N–C) groups is 2. The summed E-state index contributed by atoms with van der Waals surface area (Å²) in [5, 5.41) is 3.13. The molecule has 0 aliphatic carbocycles. The molecule has 9 nitrogen and oxygen atoms in total. The van der Waals surface area contributed by atoms with Crippen LogP contribution in [0.5, 0.6) is 0 Å². The molecule has 9 heteroatoms. The molecule has 31 heavy (non-hydrogen) atoms. The summed E-state index contributed by atoms with van der Waals surface area (Å²) < 4.78 is 9.49. The van der Waals surface area contributed by atoms with Gasteiger partial charge in [-0.1, -0.05) is 24.3 Å². The zero-order chi connectivity index (χ0) is 21.8. The van der Waals surface area contributed by atoms with Crippen LogP contribution in [0.25, 0.3) is 0 Å². The van der Waals surface area contributed by atoms with Crippen molar-refractivity contribution >= 4 is 35.2 Å². The van der Waals surface area contributed by atoms with Gasteiger partial charge in [0.15, 0.2) is 11.7 Å². The summed E-state index contributed by atoms with van der Waals surface area (Å²) in [6, 6.07) is 13.8. The van der Waals surface area contributed by atoms with E-state index in [9.17, 15) is 9.59 Å². The molecular weight excluding hydrogens is 398 g/mol. The number of hydrogen-bond donors (Lipinski definition) is 1. The standard InChI is InChI=1S/C22H17N5O4/c1-30-21(28)13-7-9-23-17(11-13)25-19-15-5-3-4-6-16(15)20(27-19)26-18-12-14(8-10-24-18)22(29)31-2/h3-12H,1-2H3,(H,23,24,25,26,27). The molecule has 3 aromatic rings. The van der Waals surface area contributed by atoms with Crippen molar-refractivity contribution in [3.63, 3.8) is 0 Å². The van der Waals surface area contributed by atoms with Gasteiger partial charge in [-0.3, -0.25) is 0 Å². The predicted octanol–water partition coefficient (Wildman–Crippen LogP) is 3.00. The predicted molar refractivity (Wildman–Crippen MR) is 114 cm³/mol. The Labute approximate surface area is 177 Å². The third kappa shape index (κ3) is 4.15. The summed E-state index contributed by atoms with van der Waals surface area (Å²) in [4.78, 5) is 41.1. The van der Waals surface area contributed by atoms with Gasteiger partial charge in [0.25, 0.3) is 0 Å². The van der Waals surface area contributed by atoms with Crippen molar-refractivity contribution in [2.75, 3.05) is 19.5 Å². The number of esters is 2. The van der Waals surface area contributed by atoms with E-state index in [0.29, 0.717) is 34.4 Å². The summed E-state index contributed by atoms with van der Waals surface area (Å²) in [5.41, 5.74) is 2.31. The van der Waals surface area contributed by atoms with Gasteiger partial charge in [0.1, 0.15) is 11.7 Å². The van der Waals surface area contributed by atoms with Crippen LogP contribution < -0.4 is 5.32 Å². The highest BCUT2D eigenvalue weighted by molar-refractivity contribution is 6.26. The van der Waals surface area contributed by atoms with E-state index in [4.69, 9.17) is 9.47 Å². The van der Waals surface area contributed by atoms with Gasteiger partial charge in [-0.2, -0.15) is 0 Å². The Morgan fingerprint density at radius 2 is 1.52 bits per heavy atom. The van der Waals surface area contributed by atoms with Crippen LogP contribution >= 0.6 is 0 Å². The molecule has 0 radical (unpaired) electrons. The van der Waals surface area contributed by atoms with Crippen molar-refractivity contribution in [1.82, 2.24) is 9.97 Å². The fourth-order valence-electron chi connectivity index (χ4n) is 2.99. The summed E-state index contributed by atoms with van der Waals surface area (Å²) in [7, 11) is 2.63. The van der Waals surface area contributed by atoms with Gasteiger partial charge in [0, 0.05) is 23.5 Å². The van der Waals surface area contributed by atoms with E-state index in [0.717, 1.165) is 11.1 Å². The Morgan fingerprint density at radius 3 is 2.23 bits per heavy atom. The Balaban J connectivity index is 1.69. The fraction of sp³-hybridized carbons (Fsp3) is 0.0909. The second-order valence-corrected chi connectivity index (χ2v) is 6.38. The van der Waals surface area contributed by atoms with Crippen molar-refractivity contribution in [2.24, 2.45) is 9.98 Å². The lowest BCUT2D eigenvalue weighted by Gasteiger charge is -2.07. The quantitative estimate of drug-likeness (QED) is 0.651. The minimum atomic E-state index is -0.474. The van der Waals surface area contributed by atoms with Crippen LogP contribution in [0.15, 0.2) is 70.9 Å². The topological polar surface area (TPSA) is 115 Å². The highest BCUT2D eigenvalue weighted by Crippen LogP contribution is 2.23. The molecule has 4 rings (SSSR count). The summed E-state index contributed by atoms with van der Waals surface area (Å²) in [6.45, 7) is 0. The maximum Gasteiger partial charge on any atom is 0.338 e. The molecule has 2 aromatic heterocycles. The Kier molecular flexibility index (Phi) is 5.48. The normalized spacial score (nSPS) is 13.4. The minimum absolute atomic E-state index is 0.323. The molecule has 3 heterocycles. The number of amidine groups is 2. The summed E-state index contributed by atoms with van der Waals surface area (Å²) in [6.07, 6.45) is 2.99. The molecule has 0 unspecified atom stereocenters. The van der Waals surface area contributed by atoms with Gasteiger partial charge in [-0.25, -0.2) is 29.5 Å². The molecule has 0 saturated carbocycles. The molecule has 0 spiro atoms. The first-order valence-electron chi connectivity index (χ1n) is 9.22. The average molecular weight is 415 g/mol. The molecule has 0 saturated heterocycles. The van der Waals surface area contributed by atoms with Crippen LogP contribution in [0.1, 0.15) is 31.8 Å². The number of nitrogens with one attached hydrogen (secondary N) is 1. The van der Waals surface area contributed by atoms with E-state index < -0.39 is 11.9 Å². The number of anilines is 1. The third-order valence-corrected chi connectivity index (χ3v) is 4.46. The van der Waals surface area contributed by atoms with Crippen LogP contribution in [-0.2, 0) is 9.47 Å². The number of rotatable bonds is 4. The molecule has 1 aliphatic rings. The maximum absolute atomic E-state index is 11.8. The summed E-state index contributed by atoms with van der Waals surface area (Å²) in [5.74, 6) is 0.771. The van der Waals surface area contributed by atoms with Crippen LogP contribution in [-0.4, -0.2) is 47.8 Å². The molecule has 0 amide bonds. The minimum Gasteiger partial charge on any atom is -0.465 e. The molecule has 1 N–H and O–H groups in total. The molecule has 1 aromatic carbocycles. The first kappa shape index (κ1) is 19.9. The molecular formula is C22H17N5O4. The number of benzene rings is 1. The van der Waals surface area contributed by atoms with Gasteiger partial charge < -0.3 is 14.8 Å². The first-order chi connectivity index (χ1) is 15.1. The second kappa shape index (κ2) is 8.54. The van der Waals surface area contributed by atoms with Crippen molar-refractivity contribution in [3.8, 4) is 0 Å². The zero-order valence-corrected chi connectivity index (χ0v) is 16.7. The SMILES string of the molecule is COC(=O)c1ccnc(N=C2N=C(Nc3cc(C(=O)OC)ccn3)c3ccccc32)c1. The number of ether oxygens (including phenoxy) is 2.